The zero-order chi connectivity index (χ0) is 20.1. The van der Waals surface area contributed by atoms with Crippen molar-refractivity contribution >= 4 is 17.3 Å². The first-order chi connectivity index (χ1) is 12.9. The minimum absolute atomic E-state index is 0. The molecule has 0 saturated carbocycles. The molecule has 0 aliphatic carbocycles. The summed E-state index contributed by atoms with van der Waals surface area (Å²) >= 11 is 0. The topological polar surface area (TPSA) is 51.2 Å². The highest BCUT2D eigenvalue weighted by atomic mass is 16.1. The van der Waals surface area contributed by atoms with Gasteiger partial charge in [-0.05, 0) is 20.8 Å². The van der Waals surface area contributed by atoms with Crippen molar-refractivity contribution in [3.05, 3.63) is 108 Å². The summed E-state index contributed by atoms with van der Waals surface area (Å²) in [7, 11) is 0. The molecule has 0 unspecified atom stereocenters. The molecular formula is C27H36O3. The number of ketones is 3. The van der Waals surface area contributed by atoms with E-state index in [4.69, 9.17) is 0 Å². The Morgan fingerprint density at radius 3 is 0.667 bits per heavy atom. The average Bonchev–Trinajstić information content (AvgIpc) is 2.71. The van der Waals surface area contributed by atoms with Crippen molar-refractivity contribution < 1.29 is 14.4 Å². The van der Waals surface area contributed by atoms with Crippen molar-refractivity contribution in [2.24, 2.45) is 0 Å². The van der Waals surface area contributed by atoms with E-state index in [0.29, 0.717) is 0 Å². The molecule has 162 valence electrons. The molecule has 3 heteroatoms. The van der Waals surface area contributed by atoms with Crippen LogP contribution in [-0.2, 0) is 0 Å². The predicted octanol–water partition coefficient (Wildman–Crippen LogP) is 7.58. The number of carbonyl (C=O) groups excluding carboxylic acids is 3. The van der Waals surface area contributed by atoms with E-state index in [-0.39, 0.29) is 39.6 Å². The van der Waals surface area contributed by atoms with Gasteiger partial charge in [0.25, 0.3) is 0 Å². The van der Waals surface area contributed by atoms with Gasteiger partial charge in [0.1, 0.15) is 0 Å². The number of rotatable bonds is 3. The van der Waals surface area contributed by atoms with Crippen molar-refractivity contribution in [1.29, 1.82) is 0 Å². The second-order valence-corrected chi connectivity index (χ2v) is 5.77. The Balaban J connectivity index is -0.000000347. The molecule has 0 atom stereocenters. The van der Waals surface area contributed by atoms with E-state index in [2.05, 4.69) is 0 Å². The largest absolute Gasteiger partial charge is 0.295 e. The van der Waals surface area contributed by atoms with Gasteiger partial charge in [-0.25, -0.2) is 0 Å². The van der Waals surface area contributed by atoms with Gasteiger partial charge >= 0.3 is 0 Å². The van der Waals surface area contributed by atoms with Gasteiger partial charge in [-0.1, -0.05) is 113 Å². The maximum Gasteiger partial charge on any atom is 0.159 e. The van der Waals surface area contributed by atoms with Crippen LogP contribution in [-0.4, -0.2) is 17.3 Å². The summed E-state index contributed by atoms with van der Waals surface area (Å²) in [5, 5.41) is 0. The normalized spacial score (nSPS) is 8.10. The fourth-order valence-electron chi connectivity index (χ4n) is 2.02. The van der Waals surface area contributed by atoms with Crippen molar-refractivity contribution in [3.63, 3.8) is 0 Å². The first-order valence-electron chi connectivity index (χ1n) is 8.59. The quantitative estimate of drug-likeness (QED) is 0.420. The van der Waals surface area contributed by atoms with Crippen molar-refractivity contribution in [2.75, 3.05) is 0 Å². The average molecular weight is 409 g/mol. The lowest BCUT2D eigenvalue weighted by molar-refractivity contribution is 0.100. The molecule has 0 aliphatic rings. The van der Waals surface area contributed by atoms with E-state index in [0.717, 1.165) is 16.7 Å². The van der Waals surface area contributed by atoms with Crippen LogP contribution in [0.25, 0.3) is 0 Å². The highest BCUT2D eigenvalue weighted by molar-refractivity contribution is 5.94. The van der Waals surface area contributed by atoms with E-state index in [1.807, 2.05) is 91.0 Å². The molecule has 0 spiro atoms. The molecule has 30 heavy (non-hydrogen) atoms. The number of carbonyl (C=O) groups is 3. The molecule has 0 bridgehead atoms. The lowest BCUT2D eigenvalue weighted by atomic mass is 10.2. The lowest BCUT2D eigenvalue weighted by Gasteiger charge is -1.89. The van der Waals surface area contributed by atoms with Crippen LogP contribution in [0.3, 0.4) is 0 Å². The highest BCUT2D eigenvalue weighted by Gasteiger charge is 1.94. The van der Waals surface area contributed by atoms with Gasteiger partial charge in [0, 0.05) is 16.7 Å². The van der Waals surface area contributed by atoms with Crippen LogP contribution in [0.1, 0.15) is 74.1 Å². The van der Waals surface area contributed by atoms with Gasteiger partial charge in [0.05, 0.1) is 0 Å². The molecule has 3 aromatic carbocycles. The van der Waals surface area contributed by atoms with Crippen LogP contribution in [0.15, 0.2) is 91.0 Å². The third kappa shape index (κ3) is 12.9. The van der Waals surface area contributed by atoms with E-state index >= 15 is 0 Å². The van der Waals surface area contributed by atoms with Gasteiger partial charge in [0.2, 0.25) is 0 Å². The number of benzene rings is 3. The molecule has 0 heterocycles. The molecule has 0 aliphatic heterocycles. The van der Waals surface area contributed by atoms with E-state index in [9.17, 15) is 14.4 Å². The Hall–Kier alpha value is -3.33. The van der Waals surface area contributed by atoms with E-state index < -0.39 is 0 Å². The van der Waals surface area contributed by atoms with Crippen molar-refractivity contribution in [1.82, 2.24) is 0 Å². The van der Waals surface area contributed by atoms with Crippen LogP contribution in [0.2, 0.25) is 0 Å². The fourth-order valence-corrected chi connectivity index (χ4v) is 2.02. The Morgan fingerprint density at radius 2 is 0.567 bits per heavy atom. The predicted molar refractivity (Wildman–Crippen MR) is 130 cm³/mol. The summed E-state index contributed by atoms with van der Waals surface area (Å²) < 4.78 is 0. The second kappa shape index (κ2) is 17.7. The van der Waals surface area contributed by atoms with Crippen molar-refractivity contribution in [2.45, 2.75) is 43.1 Å². The van der Waals surface area contributed by atoms with Gasteiger partial charge in [-0.2, -0.15) is 0 Å². The molecule has 0 aromatic heterocycles. The monoisotopic (exact) mass is 408 g/mol. The summed E-state index contributed by atoms with van der Waals surface area (Å²) in [4.78, 5) is 31.9. The molecular weight excluding hydrogens is 372 g/mol. The Labute approximate surface area is 182 Å². The zero-order valence-electron chi connectivity index (χ0n) is 15.9. The fraction of sp³-hybridized carbons (Fsp3) is 0.222. The summed E-state index contributed by atoms with van der Waals surface area (Å²) in [6, 6.07) is 27.7. The maximum absolute atomic E-state index is 10.6. The van der Waals surface area contributed by atoms with Crippen LogP contribution in [0.4, 0.5) is 0 Å². The van der Waals surface area contributed by atoms with E-state index in [1.165, 1.54) is 0 Å². The number of hydrogen-bond acceptors (Lipinski definition) is 3. The number of Topliss-reactive ketones (excluding diaryl/α,β-unsaturated/α-hetero) is 3. The van der Waals surface area contributed by atoms with Crippen molar-refractivity contribution in [3.8, 4) is 0 Å². The molecule has 0 saturated heterocycles. The van der Waals surface area contributed by atoms with Crippen LogP contribution < -0.4 is 0 Å². The zero-order valence-corrected chi connectivity index (χ0v) is 15.9. The Morgan fingerprint density at radius 1 is 0.400 bits per heavy atom. The molecule has 3 nitrogen and oxygen atoms in total. The molecule has 3 rings (SSSR count). The van der Waals surface area contributed by atoms with Gasteiger partial charge in [0.15, 0.2) is 17.3 Å². The third-order valence-corrected chi connectivity index (χ3v) is 3.54. The van der Waals surface area contributed by atoms with Crippen LogP contribution >= 0.6 is 0 Å². The summed E-state index contributed by atoms with van der Waals surface area (Å²) in [5.74, 6) is 0.363. The smallest absolute Gasteiger partial charge is 0.159 e. The van der Waals surface area contributed by atoms with Gasteiger partial charge < -0.3 is 0 Å². The SMILES string of the molecule is C.C.C.CC(=O)c1ccccc1.CC(=O)c1ccccc1.CC(=O)c1ccccc1. The summed E-state index contributed by atoms with van der Waals surface area (Å²) in [5.41, 5.74) is 2.33. The Bertz CT molecular complexity index is 721. The standard InChI is InChI=1S/3C8H8O.3CH4/c3*1-7(9)8-5-3-2-4-6-8;;;/h3*2-6H,1H3;3*1H4. The van der Waals surface area contributed by atoms with Gasteiger partial charge in [-0.15, -0.1) is 0 Å². The molecule has 0 amide bonds. The maximum atomic E-state index is 10.6. The van der Waals surface area contributed by atoms with Crippen LogP contribution in [0.5, 0.6) is 0 Å². The van der Waals surface area contributed by atoms with E-state index in [1.54, 1.807) is 20.8 Å². The molecule has 0 radical (unpaired) electrons. The third-order valence-electron chi connectivity index (χ3n) is 3.54. The summed E-state index contributed by atoms with van der Waals surface area (Å²) in [6.07, 6.45) is 0. The number of hydrogen-bond donors (Lipinski definition) is 0. The first-order valence-corrected chi connectivity index (χ1v) is 8.59. The highest BCUT2D eigenvalue weighted by Crippen LogP contribution is 1.99. The molecule has 0 fully saturated rings. The van der Waals surface area contributed by atoms with Gasteiger partial charge in [-0.3, -0.25) is 14.4 Å². The minimum atomic E-state index is 0. The van der Waals surface area contributed by atoms with Crippen LogP contribution in [0, 0.1) is 0 Å². The molecule has 0 N–H and O–H groups in total. The Kier molecular flexibility index (Phi) is 18.6. The second-order valence-electron chi connectivity index (χ2n) is 5.77. The lowest BCUT2D eigenvalue weighted by Crippen LogP contribution is -1.88. The molecule has 3 aromatic rings. The minimum Gasteiger partial charge on any atom is -0.295 e. The first kappa shape index (κ1) is 31.4. The summed E-state index contributed by atoms with van der Waals surface area (Å²) in [6.45, 7) is 4.69.